The van der Waals surface area contributed by atoms with Crippen LogP contribution in [0.3, 0.4) is 0 Å². The maximum absolute atomic E-state index is 12.2. The number of aromatic amines is 1. The van der Waals surface area contributed by atoms with E-state index < -0.39 is 10.0 Å². The van der Waals surface area contributed by atoms with Gasteiger partial charge in [0.2, 0.25) is 5.95 Å². The Labute approximate surface area is 111 Å². The van der Waals surface area contributed by atoms with Crippen molar-refractivity contribution in [2.75, 3.05) is 4.72 Å². The molecule has 0 atom stereocenters. The Kier molecular flexibility index (Phi) is 2.54. The van der Waals surface area contributed by atoms with Crippen molar-refractivity contribution in [1.29, 1.82) is 0 Å². The summed E-state index contributed by atoms with van der Waals surface area (Å²) < 4.78 is 28.1. The van der Waals surface area contributed by atoms with E-state index in [9.17, 15) is 8.42 Å². The van der Waals surface area contributed by atoms with E-state index in [-0.39, 0.29) is 16.1 Å². The molecule has 2 N–H and O–H groups in total. The van der Waals surface area contributed by atoms with Crippen LogP contribution in [-0.4, -0.2) is 27.8 Å². The molecule has 0 aromatic carbocycles. The van der Waals surface area contributed by atoms with Gasteiger partial charge in [0.15, 0.2) is 15.1 Å². The van der Waals surface area contributed by atoms with Gasteiger partial charge < -0.3 is 4.98 Å². The van der Waals surface area contributed by atoms with Crippen LogP contribution in [0, 0.1) is 0 Å². The van der Waals surface area contributed by atoms with Gasteiger partial charge in [-0.05, 0) is 0 Å². The molecular weight excluding hydrogens is 298 g/mol. The van der Waals surface area contributed by atoms with Gasteiger partial charge in [0.05, 0.1) is 0 Å². The number of hydrogen-bond donors (Lipinski definition) is 2. The number of hydrogen-bond acceptors (Lipinski definition) is 5. The molecule has 3 aromatic heterocycles. The van der Waals surface area contributed by atoms with Crippen molar-refractivity contribution in [2.24, 2.45) is 0 Å². The number of H-pyrrole nitrogens is 1. The zero-order chi connectivity index (χ0) is 12.8. The van der Waals surface area contributed by atoms with Crippen molar-refractivity contribution in [3.05, 3.63) is 29.1 Å². The standard InChI is InChI=1S/C8H6ClN5O2S2/c9-5-6(14-3-4-17-8(14)12-5)18(15,16)13-7-10-1-2-11-7/h1-4H,(H2,10,11,13). The van der Waals surface area contributed by atoms with Gasteiger partial charge in [-0.15, -0.1) is 11.3 Å². The third-order valence-corrected chi connectivity index (χ3v) is 4.66. The van der Waals surface area contributed by atoms with Crippen molar-refractivity contribution in [2.45, 2.75) is 5.03 Å². The molecule has 0 fully saturated rings. The number of nitrogens with zero attached hydrogens (tertiary/aromatic N) is 3. The highest BCUT2D eigenvalue weighted by Gasteiger charge is 2.25. The first-order chi connectivity index (χ1) is 8.58. The van der Waals surface area contributed by atoms with E-state index in [0.717, 1.165) is 0 Å². The van der Waals surface area contributed by atoms with Crippen molar-refractivity contribution < 1.29 is 8.42 Å². The Morgan fingerprint density at radius 2 is 2.33 bits per heavy atom. The van der Waals surface area contributed by atoms with Crippen molar-refractivity contribution in [3.63, 3.8) is 0 Å². The van der Waals surface area contributed by atoms with Crippen LogP contribution in [0.4, 0.5) is 5.95 Å². The molecule has 0 amide bonds. The Bertz CT molecular complexity index is 789. The van der Waals surface area contributed by atoms with Crippen LogP contribution in [0.2, 0.25) is 5.15 Å². The lowest BCUT2D eigenvalue weighted by Crippen LogP contribution is -2.16. The van der Waals surface area contributed by atoms with Gasteiger partial charge >= 0.3 is 0 Å². The molecule has 7 nitrogen and oxygen atoms in total. The first-order valence-corrected chi connectivity index (χ1v) is 7.45. The third kappa shape index (κ3) is 1.76. The van der Waals surface area contributed by atoms with E-state index in [1.165, 1.54) is 28.1 Å². The normalized spacial score (nSPS) is 12.1. The minimum atomic E-state index is -3.84. The number of sulfonamides is 1. The van der Waals surface area contributed by atoms with Gasteiger partial charge in [-0.1, -0.05) is 11.6 Å². The summed E-state index contributed by atoms with van der Waals surface area (Å²) in [6.45, 7) is 0. The summed E-state index contributed by atoms with van der Waals surface area (Å²) >= 11 is 7.16. The maximum Gasteiger partial charge on any atom is 0.283 e. The molecule has 3 rings (SSSR count). The molecule has 3 aromatic rings. The smallest absolute Gasteiger partial charge is 0.283 e. The molecular formula is C8H6ClN5O2S2. The lowest BCUT2D eigenvalue weighted by Gasteiger charge is -2.04. The molecule has 0 spiro atoms. The number of fused-ring (bicyclic) bond motifs is 1. The van der Waals surface area contributed by atoms with Gasteiger partial charge in [0, 0.05) is 24.0 Å². The number of rotatable bonds is 3. The molecule has 0 radical (unpaired) electrons. The Balaban J connectivity index is 2.13. The quantitative estimate of drug-likeness (QED) is 0.768. The number of halogens is 1. The summed E-state index contributed by atoms with van der Waals surface area (Å²) in [5.74, 6) is 0.122. The molecule has 0 bridgehead atoms. The van der Waals surface area contributed by atoms with Crippen LogP contribution < -0.4 is 4.72 Å². The maximum atomic E-state index is 12.2. The number of imidazole rings is 2. The number of aromatic nitrogens is 4. The lowest BCUT2D eigenvalue weighted by atomic mass is 10.9. The van der Waals surface area contributed by atoms with E-state index in [2.05, 4.69) is 19.7 Å². The molecule has 0 aliphatic carbocycles. The predicted molar refractivity (Wildman–Crippen MR) is 67.5 cm³/mol. The van der Waals surface area contributed by atoms with Gasteiger partial charge in [-0.25, -0.2) is 14.7 Å². The monoisotopic (exact) mass is 303 g/mol. The number of anilines is 1. The molecule has 0 aliphatic rings. The first kappa shape index (κ1) is 11.5. The molecule has 18 heavy (non-hydrogen) atoms. The summed E-state index contributed by atoms with van der Waals surface area (Å²) in [5.41, 5.74) is 0. The lowest BCUT2D eigenvalue weighted by molar-refractivity contribution is 0.596. The van der Waals surface area contributed by atoms with Gasteiger partial charge in [0.25, 0.3) is 10.0 Å². The van der Waals surface area contributed by atoms with Gasteiger partial charge in [-0.3, -0.25) is 4.40 Å². The van der Waals surface area contributed by atoms with Crippen LogP contribution in [0.5, 0.6) is 0 Å². The zero-order valence-electron chi connectivity index (χ0n) is 8.66. The molecule has 94 valence electrons. The van der Waals surface area contributed by atoms with E-state index >= 15 is 0 Å². The average Bonchev–Trinajstić information content (AvgIpc) is 2.92. The highest BCUT2D eigenvalue weighted by atomic mass is 35.5. The Hall–Kier alpha value is -1.58. The highest BCUT2D eigenvalue weighted by molar-refractivity contribution is 7.92. The van der Waals surface area contributed by atoms with Crippen molar-refractivity contribution >= 4 is 43.9 Å². The van der Waals surface area contributed by atoms with E-state index in [4.69, 9.17) is 11.6 Å². The average molecular weight is 304 g/mol. The highest BCUT2D eigenvalue weighted by Crippen LogP contribution is 2.26. The van der Waals surface area contributed by atoms with Gasteiger partial charge in [0.1, 0.15) is 0 Å². The van der Waals surface area contributed by atoms with E-state index in [0.29, 0.717) is 4.96 Å². The molecule has 0 unspecified atom stereocenters. The second kappa shape index (κ2) is 3.97. The second-order valence-electron chi connectivity index (χ2n) is 3.31. The van der Waals surface area contributed by atoms with Crippen LogP contribution in [0.15, 0.2) is 29.0 Å². The minimum Gasteiger partial charge on any atom is -0.330 e. The van der Waals surface area contributed by atoms with E-state index in [1.807, 2.05) is 0 Å². The summed E-state index contributed by atoms with van der Waals surface area (Å²) in [6, 6.07) is 0. The topological polar surface area (TPSA) is 92.1 Å². The predicted octanol–water partition coefficient (Wildman–Crippen LogP) is 1.57. The van der Waals surface area contributed by atoms with Crippen molar-refractivity contribution in [3.8, 4) is 0 Å². The molecule has 0 saturated carbocycles. The number of nitrogens with one attached hydrogen (secondary N) is 2. The van der Waals surface area contributed by atoms with Crippen LogP contribution in [-0.2, 0) is 10.0 Å². The van der Waals surface area contributed by atoms with Crippen LogP contribution >= 0.6 is 22.9 Å². The summed E-state index contributed by atoms with van der Waals surface area (Å²) in [4.78, 5) is 10.9. The molecule has 0 saturated heterocycles. The van der Waals surface area contributed by atoms with Crippen molar-refractivity contribution in [1.82, 2.24) is 19.4 Å². The Morgan fingerprint density at radius 3 is 3.06 bits per heavy atom. The largest absolute Gasteiger partial charge is 0.330 e. The first-order valence-electron chi connectivity index (χ1n) is 4.71. The fourth-order valence-corrected chi connectivity index (χ4v) is 3.91. The molecule has 0 aliphatic heterocycles. The van der Waals surface area contributed by atoms with Gasteiger partial charge in [-0.2, -0.15) is 8.42 Å². The van der Waals surface area contributed by atoms with Crippen LogP contribution in [0.1, 0.15) is 0 Å². The second-order valence-corrected chi connectivity index (χ2v) is 6.14. The fourth-order valence-electron chi connectivity index (χ4n) is 1.48. The fraction of sp³-hybridized carbons (Fsp3) is 0. The molecule has 10 heteroatoms. The van der Waals surface area contributed by atoms with E-state index in [1.54, 1.807) is 11.6 Å². The summed E-state index contributed by atoms with van der Waals surface area (Å²) in [7, 11) is -3.84. The Morgan fingerprint density at radius 1 is 1.50 bits per heavy atom. The molecule has 3 heterocycles. The minimum absolute atomic E-state index is 0.0686. The third-order valence-electron chi connectivity index (χ3n) is 2.16. The summed E-state index contributed by atoms with van der Waals surface area (Å²) in [6.07, 6.45) is 4.54. The SMILES string of the molecule is O=S(=O)(Nc1ncc[nH]1)c1c(Cl)nc2sccn12. The van der Waals surface area contributed by atoms with Crippen LogP contribution in [0.25, 0.3) is 4.96 Å². The number of thiazole rings is 1. The summed E-state index contributed by atoms with van der Waals surface area (Å²) in [5, 5.41) is 1.56. The zero-order valence-corrected chi connectivity index (χ0v) is 11.1.